The fourth-order valence-corrected chi connectivity index (χ4v) is 1.46. The Kier molecular flexibility index (Phi) is 5.71. The summed E-state index contributed by atoms with van der Waals surface area (Å²) in [6.07, 6.45) is 6.15. The van der Waals surface area contributed by atoms with E-state index in [-0.39, 0.29) is 0 Å². The van der Waals surface area contributed by atoms with Gasteiger partial charge >= 0.3 is 0 Å². The van der Waals surface area contributed by atoms with Gasteiger partial charge in [0.1, 0.15) is 0 Å². The van der Waals surface area contributed by atoms with Gasteiger partial charge in [0.15, 0.2) is 0 Å². The Bertz CT molecular complexity index is 317. The molecular weight excluding hydrogens is 202 g/mol. The monoisotopic (exact) mass is 219 g/mol. The maximum Gasteiger partial charge on any atom is 0.0759 e. The Morgan fingerprint density at radius 3 is 2.73 bits per heavy atom. The average molecular weight is 219 g/mol. The molecule has 0 saturated heterocycles. The van der Waals surface area contributed by atoms with Crippen LogP contribution in [-0.2, 0) is 6.54 Å². The van der Waals surface area contributed by atoms with Crippen molar-refractivity contribution in [2.24, 2.45) is 0 Å². The summed E-state index contributed by atoms with van der Waals surface area (Å²) < 4.78 is 0. The summed E-state index contributed by atoms with van der Waals surface area (Å²) in [6, 6.07) is 10.3. The second-order valence-corrected chi connectivity index (χ2v) is 3.86. The summed E-state index contributed by atoms with van der Waals surface area (Å²) in [5.41, 5.74) is 1.27. The number of thiocarbonyl (C=S) groups is 1. The molecule has 1 aromatic rings. The molecule has 1 nitrogen and oxygen atoms in total. The molecule has 15 heavy (non-hydrogen) atoms. The molecule has 0 aliphatic carbocycles. The molecule has 0 fully saturated rings. The van der Waals surface area contributed by atoms with Crippen LogP contribution >= 0.6 is 12.2 Å². The molecule has 0 aliphatic heterocycles. The first-order valence-corrected chi connectivity index (χ1v) is 5.65. The van der Waals surface area contributed by atoms with Crippen LogP contribution in [-0.4, -0.2) is 4.99 Å². The van der Waals surface area contributed by atoms with E-state index in [1.165, 1.54) is 5.56 Å². The maximum absolute atomic E-state index is 5.22. The van der Waals surface area contributed by atoms with Crippen LogP contribution in [0.15, 0.2) is 42.5 Å². The zero-order valence-electron chi connectivity index (χ0n) is 9.07. The maximum atomic E-state index is 5.22. The van der Waals surface area contributed by atoms with E-state index in [1.807, 2.05) is 25.1 Å². The van der Waals surface area contributed by atoms with Crippen LogP contribution in [0.4, 0.5) is 0 Å². The largest absolute Gasteiger partial charge is 0.376 e. The minimum atomic E-state index is 0.829. The Morgan fingerprint density at radius 2 is 2.07 bits per heavy atom. The molecule has 0 atom stereocenters. The van der Waals surface area contributed by atoms with Crippen molar-refractivity contribution in [2.75, 3.05) is 0 Å². The number of allylic oxidation sites excluding steroid dienone is 2. The zero-order chi connectivity index (χ0) is 10.9. The van der Waals surface area contributed by atoms with E-state index in [9.17, 15) is 0 Å². The molecule has 1 aromatic carbocycles. The Labute approximate surface area is 97.2 Å². The third-order valence-corrected chi connectivity index (χ3v) is 2.45. The van der Waals surface area contributed by atoms with Crippen LogP contribution in [0.25, 0.3) is 0 Å². The van der Waals surface area contributed by atoms with Gasteiger partial charge in [-0.05, 0) is 18.9 Å². The fourth-order valence-electron chi connectivity index (χ4n) is 1.27. The highest BCUT2D eigenvalue weighted by Gasteiger charge is 1.95. The smallest absolute Gasteiger partial charge is 0.0759 e. The first-order chi connectivity index (χ1) is 7.33. The molecule has 0 heterocycles. The highest BCUT2D eigenvalue weighted by atomic mass is 32.1. The molecule has 80 valence electrons. The van der Waals surface area contributed by atoms with Crippen molar-refractivity contribution in [3.05, 3.63) is 48.0 Å². The van der Waals surface area contributed by atoms with Crippen molar-refractivity contribution in [2.45, 2.75) is 26.3 Å². The lowest BCUT2D eigenvalue weighted by Crippen LogP contribution is -2.20. The fraction of sp³-hybridized carbons (Fsp3) is 0.308. The van der Waals surface area contributed by atoms with Gasteiger partial charge in [-0.15, -0.1) is 0 Å². The molecule has 0 saturated carbocycles. The first-order valence-electron chi connectivity index (χ1n) is 5.24. The van der Waals surface area contributed by atoms with E-state index in [2.05, 4.69) is 29.6 Å². The molecule has 0 unspecified atom stereocenters. The first kappa shape index (κ1) is 11.9. The van der Waals surface area contributed by atoms with Crippen molar-refractivity contribution >= 4 is 17.2 Å². The summed E-state index contributed by atoms with van der Waals surface area (Å²) in [6.45, 7) is 2.86. The lowest BCUT2D eigenvalue weighted by atomic mass is 10.2. The van der Waals surface area contributed by atoms with Crippen molar-refractivity contribution in [1.82, 2.24) is 5.32 Å². The van der Waals surface area contributed by atoms with Gasteiger partial charge in [0, 0.05) is 13.0 Å². The normalized spacial score (nSPS) is 10.5. The van der Waals surface area contributed by atoms with Crippen molar-refractivity contribution in [3.8, 4) is 0 Å². The zero-order valence-corrected chi connectivity index (χ0v) is 9.89. The summed E-state index contributed by atoms with van der Waals surface area (Å²) in [5, 5.41) is 3.26. The molecule has 0 aliphatic rings. The third kappa shape index (κ3) is 5.33. The Hall–Kier alpha value is -1.15. The van der Waals surface area contributed by atoms with Crippen molar-refractivity contribution in [1.29, 1.82) is 0 Å². The van der Waals surface area contributed by atoms with E-state index in [0.717, 1.165) is 24.4 Å². The van der Waals surface area contributed by atoms with Gasteiger partial charge in [0.2, 0.25) is 0 Å². The van der Waals surface area contributed by atoms with Crippen LogP contribution in [0.2, 0.25) is 0 Å². The average Bonchev–Trinajstić information content (AvgIpc) is 2.28. The number of hydrogen-bond acceptors (Lipinski definition) is 1. The second-order valence-electron chi connectivity index (χ2n) is 3.37. The quantitative estimate of drug-likeness (QED) is 0.601. The summed E-state index contributed by atoms with van der Waals surface area (Å²) in [5.74, 6) is 0. The minimum absolute atomic E-state index is 0.829. The number of hydrogen-bond donors (Lipinski definition) is 1. The molecule has 1 rings (SSSR count). The van der Waals surface area contributed by atoms with Gasteiger partial charge in [0.05, 0.1) is 4.99 Å². The summed E-state index contributed by atoms with van der Waals surface area (Å²) in [7, 11) is 0. The van der Waals surface area contributed by atoms with Crippen molar-refractivity contribution in [3.63, 3.8) is 0 Å². The van der Waals surface area contributed by atoms with Crippen LogP contribution in [0, 0.1) is 0 Å². The predicted octanol–water partition coefficient (Wildman–Crippen LogP) is 3.46. The highest BCUT2D eigenvalue weighted by Crippen LogP contribution is 1.99. The van der Waals surface area contributed by atoms with Gasteiger partial charge in [-0.3, -0.25) is 0 Å². The van der Waals surface area contributed by atoms with Gasteiger partial charge in [-0.2, -0.15) is 0 Å². The molecule has 0 aromatic heterocycles. The number of rotatable bonds is 5. The topological polar surface area (TPSA) is 12.0 Å². The van der Waals surface area contributed by atoms with Crippen LogP contribution < -0.4 is 5.32 Å². The van der Waals surface area contributed by atoms with Crippen LogP contribution in [0.1, 0.15) is 25.3 Å². The van der Waals surface area contributed by atoms with Gasteiger partial charge < -0.3 is 5.32 Å². The van der Waals surface area contributed by atoms with Gasteiger partial charge in [-0.1, -0.05) is 54.7 Å². The standard InChI is InChI=1S/C13H17NS/c1-2-3-5-10-13(15)14-11-12-8-6-4-7-9-12/h2-4,6-9H,5,10-11H2,1H3,(H,14,15)/b3-2+. The van der Waals surface area contributed by atoms with Crippen LogP contribution in [0.3, 0.4) is 0 Å². The lowest BCUT2D eigenvalue weighted by molar-refractivity contribution is 0.893. The lowest BCUT2D eigenvalue weighted by Gasteiger charge is -2.06. The molecule has 1 N–H and O–H groups in total. The van der Waals surface area contributed by atoms with E-state index < -0.39 is 0 Å². The third-order valence-electron chi connectivity index (χ3n) is 2.11. The summed E-state index contributed by atoms with van der Waals surface area (Å²) in [4.78, 5) is 0.942. The SMILES string of the molecule is C/C=C/CCC(=S)NCc1ccccc1. The second kappa shape index (κ2) is 7.18. The number of benzene rings is 1. The molecule has 0 bridgehead atoms. The minimum Gasteiger partial charge on any atom is -0.376 e. The van der Waals surface area contributed by atoms with E-state index in [4.69, 9.17) is 12.2 Å². The van der Waals surface area contributed by atoms with E-state index in [0.29, 0.717) is 0 Å². The van der Waals surface area contributed by atoms with Gasteiger partial charge in [-0.25, -0.2) is 0 Å². The van der Waals surface area contributed by atoms with Crippen LogP contribution in [0.5, 0.6) is 0 Å². The highest BCUT2D eigenvalue weighted by molar-refractivity contribution is 7.80. The molecule has 0 spiro atoms. The molecule has 0 radical (unpaired) electrons. The Morgan fingerprint density at radius 1 is 1.33 bits per heavy atom. The van der Waals surface area contributed by atoms with Crippen molar-refractivity contribution < 1.29 is 0 Å². The van der Waals surface area contributed by atoms with Gasteiger partial charge in [0.25, 0.3) is 0 Å². The molecule has 0 amide bonds. The van der Waals surface area contributed by atoms with E-state index >= 15 is 0 Å². The Balaban J connectivity index is 2.23. The molecular formula is C13H17NS. The van der Waals surface area contributed by atoms with E-state index in [1.54, 1.807) is 0 Å². The number of nitrogens with one attached hydrogen (secondary N) is 1. The predicted molar refractivity (Wildman–Crippen MR) is 69.9 cm³/mol. The summed E-state index contributed by atoms with van der Waals surface area (Å²) >= 11 is 5.22. The molecule has 2 heteroatoms.